The van der Waals surface area contributed by atoms with E-state index in [1.807, 2.05) is 6.07 Å². The lowest BCUT2D eigenvalue weighted by Crippen LogP contribution is -2.56. The molecule has 0 N–H and O–H groups in total. The van der Waals surface area contributed by atoms with E-state index in [-0.39, 0.29) is 5.97 Å². The number of hydrogen-bond acceptors (Lipinski definition) is 6. The Kier molecular flexibility index (Phi) is 7.71. The number of hydrogen-bond donors (Lipinski definition) is 0. The van der Waals surface area contributed by atoms with Crippen LogP contribution in [0.5, 0.6) is 5.75 Å². The van der Waals surface area contributed by atoms with Gasteiger partial charge in [-0.1, -0.05) is 12.1 Å². The number of likely N-dealkylation sites (tertiary alicyclic amines) is 1. The average Bonchev–Trinajstić information content (AvgIpc) is 2.73. The van der Waals surface area contributed by atoms with Crippen LogP contribution in [0.15, 0.2) is 24.3 Å². The smallest absolute Gasteiger partial charge is 0.305 e. The molecule has 28 heavy (non-hydrogen) atoms. The highest BCUT2D eigenvalue weighted by Crippen LogP contribution is 2.28. The monoisotopic (exact) mass is 389 g/mol. The van der Waals surface area contributed by atoms with Crippen LogP contribution in [-0.2, 0) is 16.1 Å². The van der Waals surface area contributed by atoms with E-state index in [2.05, 4.69) is 39.9 Å². The Morgan fingerprint density at radius 1 is 1.14 bits per heavy atom. The molecule has 2 heterocycles. The number of ether oxygens (including phenoxy) is 2. The summed E-state index contributed by atoms with van der Waals surface area (Å²) in [6, 6.07) is 8.90. The molecule has 2 saturated heterocycles. The molecule has 6 nitrogen and oxygen atoms in total. The van der Waals surface area contributed by atoms with Crippen LogP contribution in [-0.4, -0.2) is 87.2 Å². The number of esters is 1. The topological polar surface area (TPSA) is 45.2 Å². The zero-order valence-corrected chi connectivity index (χ0v) is 17.6. The lowest BCUT2D eigenvalue weighted by molar-refractivity contribution is -0.141. The second kappa shape index (κ2) is 10.2. The summed E-state index contributed by atoms with van der Waals surface area (Å²) in [4.78, 5) is 19.3. The molecule has 3 rings (SSSR count). The van der Waals surface area contributed by atoms with Crippen molar-refractivity contribution in [2.75, 3.05) is 60.5 Å². The Morgan fingerprint density at radius 3 is 2.64 bits per heavy atom. The van der Waals surface area contributed by atoms with Crippen LogP contribution in [0, 0.1) is 5.92 Å². The number of rotatable bonds is 7. The minimum Gasteiger partial charge on any atom is -0.497 e. The molecule has 0 aliphatic carbocycles. The van der Waals surface area contributed by atoms with Crippen molar-refractivity contribution < 1.29 is 14.3 Å². The van der Waals surface area contributed by atoms with Crippen molar-refractivity contribution in [3.05, 3.63) is 29.8 Å². The molecular formula is C22H35N3O3. The minimum atomic E-state index is -0.0953. The van der Waals surface area contributed by atoms with Gasteiger partial charge in [-0.25, -0.2) is 0 Å². The zero-order valence-electron chi connectivity index (χ0n) is 17.6. The number of likely N-dealkylation sites (N-methyl/N-ethyl adjacent to an activating group) is 1. The maximum atomic E-state index is 11.8. The number of methoxy groups -OCH3 is 2. The molecule has 156 valence electrons. The van der Waals surface area contributed by atoms with Crippen LogP contribution in [0.3, 0.4) is 0 Å². The average molecular weight is 390 g/mol. The lowest BCUT2D eigenvalue weighted by atomic mass is 9.86. The normalized spacial score (nSPS) is 24.8. The van der Waals surface area contributed by atoms with Gasteiger partial charge in [-0.3, -0.25) is 14.6 Å². The van der Waals surface area contributed by atoms with Crippen LogP contribution >= 0.6 is 0 Å². The van der Waals surface area contributed by atoms with E-state index < -0.39 is 0 Å². The summed E-state index contributed by atoms with van der Waals surface area (Å²) in [6.45, 7) is 7.59. The highest BCUT2D eigenvalue weighted by molar-refractivity contribution is 5.69. The summed E-state index contributed by atoms with van der Waals surface area (Å²) in [7, 11) is 5.39. The molecule has 2 atom stereocenters. The molecular weight excluding hydrogens is 354 g/mol. The van der Waals surface area contributed by atoms with Gasteiger partial charge in [0.2, 0.25) is 0 Å². The fourth-order valence-corrected chi connectivity index (χ4v) is 4.59. The second-order valence-corrected chi connectivity index (χ2v) is 8.16. The molecule has 0 amide bonds. The van der Waals surface area contributed by atoms with Gasteiger partial charge in [-0.15, -0.1) is 0 Å². The van der Waals surface area contributed by atoms with E-state index in [9.17, 15) is 4.79 Å². The van der Waals surface area contributed by atoms with Gasteiger partial charge < -0.3 is 14.4 Å². The van der Waals surface area contributed by atoms with Crippen molar-refractivity contribution >= 4 is 5.97 Å². The number of benzene rings is 1. The van der Waals surface area contributed by atoms with Crippen LogP contribution in [0.1, 0.15) is 24.8 Å². The maximum absolute atomic E-state index is 11.8. The maximum Gasteiger partial charge on any atom is 0.305 e. The first kappa shape index (κ1) is 21.1. The Balaban J connectivity index is 1.64. The van der Waals surface area contributed by atoms with Crippen LogP contribution in [0.2, 0.25) is 0 Å². The van der Waals surface area contributed by atoms with Gasteiger partial charge in [0.05, 0.1) is 14.2 Å². The molecule has 2 aliphatic heterocycles. The van der Waals surface area contributed by atoms with Gasteiger partial charge in [0.15, 0.2) is 0 Å². The third-order valence-corrected chi connectivity index (χ3v) is 6.27. The van der Waals surface area contributed by atoms with E-state index in [1.165, 1.54) is 19.1 Å². The Bertz CT molecular complexity index is 631. The first-order valence-electron chi connectivity index (χ1n) is 10.4. The molecule has 2 fully saturated rings. The summed E-state index contributed by atoms with van der Waals surface area (Å²) in [6.07, 6.45) is 2.58. The fourth-order valence-electron chi connectivity index (χ4n) is 4.59. The first-order valence-corrected chi connectivity index (χ1v) is 10.4. The summed E-state index contributed by atoms with van der Waals surface area (Å²) in [5.41, 5.74) is 1.28. The van der Waals surface area contributed by atoms with Crippen LogP contribution in [0.25, 0.3) is 0 Å². The van der Waals surface area contributed by atoms with Gasteiger partial charge in [-0.2, -0.15) is 0 Å². The van der Waals surface area contributed by atoms with Crippen molar-refractivity contribution in [2.24, 2.45) is 5.92 Å². The van der Waals surface area contributed by atoms with Gasteiger partial charge in [0.25, 0.3) is 0 Å². The number of piperazine rings is 1. The number of carbonyl (C=O) groups is 1. The predicted octanol–water partition coefficient (Wildman–Crippen LogP) is 2.09. The van der Waals surface area contributed by atoms with Gasteiger partial charge >= 0.3 is 5.97 Å². The molecule has 2 aliphatic rings. The van der Waals surface area contributed by atoms with Crippen LogP contribution in [0.4, 0.5) is 0 Å². The van der Waals surface area contributed by atoms with E-state index in [4.69, 9.17) is 9.47 Å². The zero-order chi connectivity index (χ0) is 19.9. The molecule has 0 aromatic heterocycles. The van der Waals surface area contributed by atoms with Crippen molar-refractivity contribution in [1.82, 2.24) is 14.7 Å². The number of carbonyl (C=O) groups excluding carboxylic acids is 1. The molecule has 0 radical (unpaired) electrons. The molecule has 0 spiro atoms. The van der Waals surface area contributed by atoms with E-state index >= 15 is 0 Å². The van der Waals surface area contributed by atoms with Crippen molar-refractivity contribution in [2.45, 2.75) is 31.8 Å². The highest BCUT2D eigenvalue weighted by Gasteiger charge is 2.34. The summed E-state index contributed by atoms with van der Waals surface area (Å²) < 4.78 is 10.3. The molecule has 0 saturated carbocycles. The summed E-state index contributed by atoms with van der Waals surface area (Å²) in [5, 5.41) is 0. The Labute approximate surface area is 169 Å². The van der Waals surface area contributed by atoms with Gasteiger partial charge in [0, 0.05) is 51.7 Å². The first-order chi connectivity index (χ1) is 13.6. The molecule has 1 aromatic carbocycles. The van der Waals surface area contributed by atoms with E-state index in [0.29, 0.717) is 18.4 Å². The molecule has 0 bridgehead atoms. The molecule has 1 aromatic rings. The quantitative estimate of drug-likeness (QED) is 0.666. The van der Waals surface area contributed by atoms with Crippen molar-refractivity contribution in [1.29, 1.82) is 0 Å². The molecule has 6 heteroatoms. The van der Waals surface area contributed by atoms with Crippen molar-refractivity contribution in [3.63, 3.8) is 0 Å². The predicted molar refractivity (Wildman–Crippen MR) is 110 cm³/mol. The Hall–Kier alpha value is -1.63. The lowest BCUT2D eigenvalue weighted by Gasteiger charge is -2.46. The number of nitrogens with zero attached hydrogens (tertiary/aromatic N) is 3. The van der Waals surface area contributed by atoms with E-state index in [1.54, 1.807) is 7.11 Å². The number of piperidine rings is 1. The van der Waals surface area contributed by atoms with E-state index in [0.717, 1.165) is 58.0 Å². The highest BCUT2D eigenvalue weighted by atomic mass is 16.5. The Morgan fingerprint density at radius 2 is 1.93 bits per heavy atom. The fraction of sp³-hybridized carbons (Fsp3) is 0.682. The standard InChI is InChI=1S/C22H35N3O3/c1-23-11-13-25(14-12-23)21-9-10-24(17-19(21)7-8-22(26)28-3)16-18-5-4-6-20(15-18)27-2/h4-6,15,19,21H,7-14,16-17H2,1-3H3/t19-,21+/m0/s1. The van der Waals surface area contributed by atoms with Gasteiger partial charge in [-0.05, 0) is 50.0 Å². The largest absolute Gasteiger partial charge is 0.497 e. The molecule has 0 unspecified atom stereocenters. The summed E-state index contributed by atoms with van der Waals surface area (Å²) >= 11 is 0. The minimum absolute atomic E-state index is 0.0953. The van der Waals surface area contributed by atoms with Crippen LogP contribution < -0.4 is 4.74 Å². The summed E-state index contributed by atoms with van der Waals surface area (Å²) in [5.74, 6) is 1.32. The second-order valence-electron chi connectivity index (χ2n) is 8.16. The van der Waals surface area contributed by atoms with Crippen molar-refractivity contribution in [3.8, 4) is 5.75 Å². The third-order valence-electron chi connectivity index (χ3n) is 6.27. The van der Waals surface area contributed by atoms with Gasteiger partial charge in [0.1, 0.15) is 5.75 Å². The SMILES string of the molecule is COC(=O)CC[C@H]1CN(Cc2cccc(OC)c2)CC[C@H]1N1CCN(C)CC1. The third kappa shape index (κ3) is 5.69.